The molecule has 0 fully saturated rings. The second-order valence-electron chi connectivity index (χ2n) is 3.53. The van der Waals surface area contributed by atoms with Gasteiger partial charge >= 0.3 is 0 Å². The van der Waals surface area contributed by atoms with Crippen molar-refractivity contribution in [2.75, 3.05) is 6.54 Å². The van der Waals surface area contributed by atoms with Crippen molar-refractivity contribution in [3.05, 3.63) is 35.6 Å². The van der Waals surface area contributed by atoms with Crippen LogP contribution in [0.25, 0.3) is 0 Å². The second kappa shape index (κ2) is 4.91. The van der Waals surface area contributed by atoms with Crippen LogP contribution in [0.15, 0.2) is 24.3 Å². The number of rotatable bonds is 3. The zero-order chi connectivity index (χ0) is 11.4. The van der Waals surface area contributed by atoms with Gasteiger partial charge in [0.05, 0.1) is 6.04 Å². The monoisotopic (exact) mass is 209 g/mol. The number of hydrogen-bond acceptors (Lipinski definition) is 1. The van der Waals surface area contributed by atoms with Gasteiger partial charge in [0.1, 0.15) is 5.82 Å². The Morgan fingerprint density at radius 1 is 1.40 bits per heavy atom. The highest BCUT2D eigenvalue weighted by Gasteiger charge is 2.16. The Morgan fingerprint density at radius 2 is 1.93 bits per heavy atom. The maximum atomic E-state index is 12.7. The van der Waals surface area contributed by atoms with Crippen LogP contribution in [0.5, 0.6) is 0 Å². The van der Waals surface area contributed by atoms with Gasteiger partial charge in [0.2, 0.25) is 5.91 Å². The molecule has 1 atom stereocenters. The van der Waals surface area contributed by atoms with Crippen LogP contribution in [0.2, 0.25) is 0 Å². The van der Waals surface area contributed by atoms with Crippen LogP contribution in [0.3, 0.4) is 0 Å². The first-order valence-corrected chi connectivity index (χ1v) is 5.09. The van der Waals surface area contributed by atoms with Crippen LogP contribution in [0.1, 0.15) is 32.4 Å². The van der Waals surface area contributed by atoms with Gasteiger partial charge < -0.3 is 4.90 Å². The van der Waals surface area contributed by atoms with E-state index in [1.807, 2.05) is 13.8 Å². The minimum absolute atomic E-state index is 0.00639. The van der Waals surface area contributed by atoms with Crippen molar-refractivity contribution in [2.45, 2.75) is 26.8 Å². The number of halogens is 1. The molecule has 0 saturated carbocycles. The first-order chi connectivity index (χ1) is 7.06. The molecule has 0 aromatic heterocycles. The fourth-order valence-electron chi connectivity index (χ4n) is 1.69. The molecule has 1 aromatic rings. The van der Waals surface area contributed by atoms with Crippen molar-refractivity contribution < 1.29 is 9.18 Å². The highest BCUT2D eigenvalue weighted by Crippen LogP contribution is 2.20. The lowest BCUT2D eigenvalue weighted by Crippen LogP contribution is -2.31. The summed E-state index contributed by atoms with van der Waals surface area (Å²) < 4.78 is 12.7. The third-order valence-corrected chi connectivity index (χ3v) is 2.57. The van der Waals surface area contributed by atoms with E-state index in [-0.39, 0.29) is 17.8 Å². The van der Waals surface area contributed by atoms with Crippen LogP contribution < -0.4 is 0 Å². The summed E-state index contributed by atoms with van der Waals surface area (Å²) >= 11 is 0. The molecule has 0 aliphatic heterocycles. The fourth-order valence-corrected chi connectivity index (χ4v) is 1.69. The summed E-state index contributed by atoms with van der Waals surface area (Å²) in [5.41, 5.74) is 0.952. The van der Waals surface area contributed by atoms with Gasteiger partial charge in [-0.05, 0) is 31.5 Å². The molecule has 0 aliphatic rings. The van der Waals surface area contributed by atoms with Gasteiger partial charge in [-0.15, -0.1) is 0 Å². The van der Waals surface area contributed by atoms with Crippen molar-refractivity contribution in [3.8, 4) is 0 Å². The maximum Gasteiger partial charge on any atom is 0.219 e. The third kappa shape index (κ3) is 2.78. The van der Waals surface area contributed by atoms with E-state index in [0.29, 0.717) is 6.54 Å². The molecule has 0 spiro atoms. The van der Waals surface area contributed by atoms with Gasteiger partial charge in [-0.2, -0.15) is 0 Å². The zero-order valence-electron chi connectivity index (χ0n) is 9.33. The van der Waals surface area contributed by atoms with E-state index >= 15 is 0 Å². The number of benzene rings is 1. The molecular weight excluding hydrogens is 193 g/mol. The van der Waals surface area contributed by atoms with Crippen LogP contribution in [-0.2, 0) is 4.79 Å². The minimum atomic E-state index is -0.253. The smallest absolute Gasteiger partial charge is 0.219 e. The Morgan fingerprint density at radius 3 is 2.33 bits per heavy atom. The summed E-state index contributed by atoms with van der Waals surface area (Å²) in [6, 6.07) is 6.25. The van der Waals surface area contributed by atoms with E-state index in [2.05, 4.69) is 0 Å². The first-order valence-electron chi connectivity index (χ1n) is 5.09. The molecule has 3 heteroatoms. The largest absolute Gasteiger partial charge is 0.336 e. The van der Waals surface area contributed by atoms with E-state index in [0.717, 1.165) is 5.56 Å². The number of amides is 1. The van der Waals surface area contributed by atoms with Gasteiger partial charge in [-0.3, -0.25) is 4.79 Å². The number of carbonyl (C=O) groups is 1. The second-order valence-corrected chi connectivity index (χ2v) is 3.53. The normalized spacial score (nSPS) is 12.3. The Kier molecular flexibility index (Phi) is 3.83. The Labute approximate surface area is 89.7 Å². The van der Waals surface area contributed by atoms with Crippen LogP contribution >= 0.6 is 0 Å². The number of carbonyl (C=O) groups excluding carboxylic acids is 1. The Hall–Kier alpha value is -1.38. The van der Waals surface area contributed by atoms with E-state index in [4.69, 9.17) is 0 Å². The summed E-state index contributed by atoms with van der Waals surface area (Å²) in [4.78, 5) is 13.1. The average molecular weight is 209 g/mol. The van der Waals surface area contributed by atoms with Crippen molar-refractivity contribution >= 4 is 5.91 Å². The Bertz CT molecular complexity index is 334. The molecular formula is C12H16FNO. The number of hydrogen-bond donors (Lipinski definition) is 0. The standard InChI is InChI=1S/C12H16FNO/c1-4-14(10(3)15)9(2)11-5-7-12(13)8-6-11/h5-9H,4H2,1-3H3. The van der Waals surface area contributed by atoms with Gasteiger partial charge in [-0.25, -0.2) is 4.39 Å². The van der Waals surface area contributed by atoms with Crippen molar-refractivity contribution in [2.24, 2.45) is 0 Å². The summed E-state index contributed by atoms with van der Waals surface area (Å²) in [5.74, 6) is -0.217. The van der Waals surface area contributed by atoms with Crippen LogP contribution in [0, 0.1) is 5.82 Å². The molecule has 1 unspecified atom stereocenters. The predicted octanol–water partition coefficient (Wildman–Crippen LogP) is 2.76. The molecule has 1 amide bonds. The molecule has 2 nitrogen and oxygen atoms in total. The fraction of sp³-hybridized carbons (Fsp3) is 0.417. The molecule has 0 aliphatic carbocycles. The summed E-state index contributed by atoms with van der Waals surface area (Å²) in [6.07, 6.45) is 0. The molecule has 0 N–H and O–H groups in total. The van der Waals surface area contributed by atoms with Crippen molar-refractivity contribution in [1.82, 2.24) is 4.90 Å². The first kappa shape index (κ1) is 11.7. The lowest BCUT2D eigenvalue weighted by atomic mass is 10.1. The molecule has 0 bridgehead atoms. The minimum Gasteiger partial charge on any atom is -0.336 e. The summed E-state index contributed by atoms with van der Waals surface area (Å²) in [6.45, 7) is 6.08. The molecule has 15 heavy (non-hydrogen) atoms. The van der Waals surface area contributed by atoms with Gasteiger partial charge in [0.25, 0.3) is 0 Å². The molecule has 0 heterocycles. The highest BCUT2D eigenvalue weighted by molar-refractivity contribution is 5.73. The van der Waals surface area contributed by atoms with Gasteiger partial charge in [0.15, 0.2) is 0 Å². The molecule has 0 radical (unpaired) electrons. The lowest BCUT2D eigenvalue weighted by molar-refractivity contribution is -0.130. The number of nitrogens with zero attached hydrogens (tertiary/aromatic N) is 1. The molecule has 82 valence electrons. The van der Waals surface area contributed by atoms with Gasteiger partial charge in [0, 0.05) is 13.5 Å². The summed E-state index contributed by atoms with van der Waals surface area (Å²) in [5, 5.41) is 0. The van der Waals surface area contributed by atoms with E-state index < -0.39 is 0 Å². The molecule has 0 saturated heterocycles. The van der Waals surface area contributed by atoms with Crippen molar-refractivity contribution in [1.29, 1.82) is 0 Å². The maximum absolute atomic E-state index is 12.7. The molecule has 1 rings (SSSR count). The lowest BCUT2D eigenvalue weighted by Gasteiger charge is -2.27. The van der Waals surface area contributed by atoms with Crippen molar-refractivity contribution in [3.63, 3.8) is 0 Å². The predicted molar refractivity (Wildman–Crippen MR) is 57.9 cm³/mol. The van der Waals surface area contributed by atoms with E-state index in [9.17, 15) is 9.18 Å². The highest BCUT2D eigenvalue weighted by atomic mass is 19.1. The Balaban J connectivity index is 2.87. The third-order valence-electron chi connectivity index (χ3n) is 2.57. The van der Waals surface area contributed by atoms with Crippen LogP contribution in [0.4, 0.5) is 4.39 Å². The average Bonchev–Trinajstić information content (AvgIpc) is 2.19. The van der Waals surface area contributed by atoms with E-state index in [1.165, 1.54) is 12.1 Å². The van der Waals surface area contributed by atoms with Gasteiger partial charge in [-0.1, -0.05) is 12.1 Å². The van der Waals surface area contributed by atoms with E-state index in [1.54, 1.807) is 24.0 Å². The summed E-state index contributed by atoms with van der Waals surface area (Å²) in [7, 11) is 0. The SMILES string of the molecule is CCN(C(C)=O)C(C)c1ccc(F)cc1. The van der Waals surface area contributed by atoms with Crippen LogP contribution in [-0.4, -0.2) is 17.4 Å². The quantitative estimate of drug-likeness (QED) is 0.749. The molecule has 1 aromatic carbocycles. The zero-order valence-corrected chi connectivity index (χ0v) is 9.33. The topological polar surface area (TPSA) is 20.3 Å².